The Morgan fingerprint density at radius 1 is 1.26 bits per heavy atom. The fourth-order valence-corrected chi connectivity index (χ4v) is 3.09. The molecule has 7 heteroatoms. The van der Waals surface area contributed by atoms with Gasteiger partial charge in [-0.3, -0.25) is 10.1 Å². The van der Waals surface area contributed by atoms with Gasteiger partial charge in [-0.25, -0.2) is 9.07 Å². The fraction of sp³-hybridized carbons (Fsp3) is 0.200. The number of aromatic nitrogens is 2. The van der Waals surface area contributed by atoms with E-state index in [0.717, 1.165) is 16.9 Å². The number of fused-ring (bicyclic) bond motifs is 1. The van der Waals surface area contributed by atoms with Crippen molar-refractivity contribution in [3.8, 4) is 17.0 Å². The highest BCUT2D eigenvalue weighted by atomic mass is 19.1. The van der Waals surface area contributed by atoms with Gasteiger partial charge < -0.3 is 10.1 Å². The molecule has 4 rings (SSSR count). The van der Waals surface area contributed by atoms with Gasteiger partial charge in [0.1, 0.15) is 23.4 Å². The molecule has 27 heavy (non-hydrogen) atoms. The van der Waals surface area contributed by atoms with E-state index in [1.54, 1.807) is 30.0 Å². The molecule has 3 aromatic rings. The van der Waals surface area contributed by atoms with E-state index in [9.17, 15) is 9.18 Å². The van der Waals surface area contributed by atoms with E-state index in [2.05, 4.69) is 15.7 Å². The topological polar surface area (TPSA) is 68.2 Å². The summed E-state index contributed by atoms with van der Waals surface area (Å²) in [4.78, 5) is 12.2. The molecule has 138 valence electrons. The van der Waals surface area contributed by atoms with Gasteiger partial charge in [-0.1, -0.05) is 24.3 Å². The minimum Gasteiger partial charge on any atom is -0.497 e. The van der Waals surface area contributed by atoms with Gasteiger partial charge >= 0.3 is 0 Å². The highest BCUT2D eigenvalue weighted by Crippen LogP contribution is 2.26. The summed E-state index contributed by atoms with van der Waals surface area (Å²) in [5.74, 6) is 0.311. The molecule has 1 aliphatic rings. The Morgan fingerprint density at radius 3 is 2.85 bits per heavy atom. The van der Waals surface area contributed by atoms with Gasteiger partial charge in [-0.05, 0) is 35.9 Å². The molecule has 2 aromatic carbocycles. The smallest absolute Gasteiger partial charge is 0.269 e. The lowest BCUT2D eigenvalue weighted by molar-refractivity contribution is 0.0900. The standard InChI is InChI=1S/C20H19FN4O2/c1-27-16-4-2-3-14(9-16)17-10-18-20(26)23-12-19(25(18)24-17)22-11-13-5-7-15(21)8-6-13/h2-10,19,22H,11-12H2,1H3,(H,23,26). The summed E-state index contributed by atoms with van der Waals surface area (Å²) < 4.78 is 20.0. The summed E-state index contributed by atoms with van der Waals surface area (Å²) in [6.45, 7) is 0.959. The maximum atomic E-state index is 13.0. The van der Waals surface area contributed by atoms with Crippen LogP contribution in [-0.2, 0) is 6.54 Å². The number of hydrogen-bond donors (Lipinski definition) is 2. The molecule has 2 heterocycles. The number of rotatable bonds is 5. The Bertz CT molecular complexity index is 968. The first kappa shape index (κ1) is 17.2. The molecule has 0 fully saturated rings. The van der Waals surface area contributed by atoms with E-state index >= 15 is 0 Å². The van der Waals surface area contributed by atoms with Crippen LogP contribution >= 0.6 is 0 Å². The number of amides is 1. The van der Waals surface area contributed by atoms with Gasteiger partial charge in [-0.2, -0.15) is 5.10 Å². The van der Waals surface area contributed by atoms with Gasteiger partial charge in [0.05, 0.1) is 19.3 Å². The number of carbonyl (C=O) groups excluding carboxylic acids is 1. The molecule has 1 aliphatic heterocycles. The largest absolute Gasteiger partial charge is 0.497 e. The maximum Gasteiger partial charge on any atom is 0.269 e. The molecule has 1 amide bonds. The molecule has 0 saturated carbocycles. The van der Waals surface area contributed by atoms with E-state index in [-0.39, 0.29) is 17.9 Å². The van der Waals surface area contributed by atoms with Gasteiger partial charge in [-0.15, -0.1) is 0 Å². The number of benzene rings is 2. The summed E-state index contributed by atoms with van der Waals surface area (Å²) in [7, 11) is 1.61. The quantitative estimate of drug-likeness (QED) is 0.729. The minimum atomic E-state index is -0.263. The Hall–Kier alpha value is -3.19. The number of carbonyl (C=O) groups is 1. The van der Waals surface area contributed by atoms with Crippen LogP contribution in [0.1, 0.15) is 22.2 Å². The zero-order chi connectivity index (χ0) is 18.8. The molecule has 1 atom stereocenters. The van der Waals surface area contributed by atoms with Crippen LogP contribution in [0.3, 0.4) is 0 Å². The third kappa shape index (κ3) is 3.54. The summed E-state index contributed by atoms with van der Waals surface area (Å²) in [6.07, 6.45) is -0.192. The van der Waals surface area contributed by atoms with Crippen molar-refractivity contribution < 1.29 is 13.9 Å². The second kappa shape index (κ2) is 7.20. The zero-order valence-corrected chi connectivity index (χ0v) is 14.8. The molecule has 0 spiro atoms. The van der Waals surface area contributed by atoms with Crippen molar-refractivity contribution in [1.82, 2.24) is 20.4 Å². The average molecular weight is 366 g/mol. The second-order valence-electron chi connectivity index (χ2n) is 6.32. The van der Waals surface area contributed by atoms with E-state index in [0.29, 0.717) is 24.5 Å². The van der Waals surface area contributed by atoms with Gasteiger partial charge in [0.15, 0.2) is 0 Å². The van der Waals surface area contributed by atoms with Crippen molar-refractivity contribution >= 4 is 5.91 Å². The molecule has 1 aromatic heterocycles. The summed E-state index contributed by atoms with van der Waals surface area (Å²) in [5, 5.41) is 10.9. The van der Waals surface area contributed by atoms with Crippen molar-refractivity contribution in [2.24, 2.45) is 0 Å². The fourth-order valence-electron chi connectivity index (χ4n) is 3.09. The molecular weight excluding hydrogens is 347 g/mol. The third-order valence-electron chi connectivity index (χ3n) is 4.54. The Kier molecular flexibility index (Phi) is 4.60. The second-order valence-corrected chi connectivity index (χ2v) is 6.32. The zero-order valence-electron chi connectivity index (χ0n) is 14.8. The van der Waals surface area contributed by atoms with E-state index in [1.165, 1.54) is 12.1 Å². The first-order valence-electron chi connectivity index (χ1n) is 8.64. The first-order chi connectivity index (χ1) is 13.1. The highest BCUT2D eigenvalue weighted by Gasteiger charge is 2.27. The van der Waals surface area contributed by atoms with Gasteiger partial charge in [0, 0.05) is 12.1 Å². The maximum absolute atomic E-state index is 13.0. The molecular formula is C20H19FN4O2. The van der Waals surface area contributed by atoms with Crippen molar-refractivity contribution in [3.05, 3.63) is 71.7 Å². The van der Waals surface area contributed by atoms with Crippen LogP contribution in [0.2, 0.25) is 0 Å². The van der Waals surface area contributed by atoms with Crippen molar-refractivity contribution in [1.29, 1.82) is 0 Å². The Labute approximate surface area is 156 Å². The Balaban J connectivity index is 1.59. The number of hydrogen-bond acceptors (Lipinski definition) is 4. The number of ether oxygens (including phenoxy) is 1. The third-order valence-corrected chi connectivity index (χ3v) is 4.54. The van der Waals surface area contributed by atoms with E-state index in [1.807, 2.05) is 24.3 Å². The van der Waals surface area contributed by atoms with Crippen LogP contribution in [0, 0.1) is 5.82 Å². The first-order valence-corrected chi connectivity index (χ1v) is 8.64. The van der Waals surface area contributed by atoms with Gasteiger partial charge in [0.2, 0.25) is 0 Å². The number of methoxy groups -OCH3 is 1. The SMILES string of the molecule is COc1cccc(-c2cc3n(n2)C(NCc2ccc(F)cc2)CNC3=O)c1. The van der Waals surface area contributed by atoms with E-state index < -0.39 is 0 Å². The summed E-state index contributed by atoms with van der Waals surface area (Å²) in [5.41, 5.74) is 3.03. The average Bonchev–Trinajstić information content (AvgIpc) is 3.15. The van der Waals surface area contributed by atoms with Crippen LogP contribution in [-0.4, -0.2) is 29.3 Å². The molecule has 0 radical (unpaired) electrons. The number of halogens is 1. The highest BCUT2D eigenvalue weighted by molar-refractivity contribution is 5.94. The lowest BCUT2D eigenvalue weighted by Crippen LogP contribution is -2.45. The lowest BCUT2D eigenvalue weighted by Gasteiger charge is -2.25. The normalized spacial score (nSPS) is 15.9. The van der Waals surface area contributed by atoms with Crippen molar-refractivity contribution in [3.63, 3.8) is 0 Å². The minimum absolute atomic E-state index is 0.156. The molecule has 0 saturated heterocycles. The van der Waals surface area contributed by atoms with E-state index in [4.69, 9.17) is 4.74 Å². The number of nitrogens with zero attached hydrogens (tertiary/aromatic N) is 2. The van der Waals surface area contributed by atoms with Crippen molar-refractivity contribution in [2.45, 2.75) is 12.7 Å². The summed E-state index contributed by atoms with van der Waals surface area (Å²) >= 11 is 0. The lowest BCUT2D eigenvalue weighted by atomic mass is 10.1. The van der Waals surface area contributed by atoms with Crippen LogP contribution < -0.4 is 15.4 Å². The number of nitrogens with one attached hydrogen (secondary N) is 2. The molecule has 0 aliphatic carbocycles. The van der Waals surface area contributed by atoms with Crippen molar-refractivity contribution in [2.75, 3.05) is 13.7 Å². The van der Waals surface area contributed by atoms with Crippen LogP contribution in [0.4, 0.5) is 4.39 Å². The monoisotopic (exact) mass is 366 g/mol. The van der Waals surface area contributed by atoms with Gasteiger partial charge in [0.25, 0.3) is 5.91 Å². The molecule has 0 bridgehead atoms. The predicted octanol–water partition coefficient (Wildman–Crippen LogP) is 2.73. The predicted molar refractivity (Wildman–Crippen MR) is 98.8 cm³/mol. The molecule has 2 N–H and O–H groups in total. The van der Waals surface area contributed by atoms with Crippen LogP contribution in [0.25, 0.3) is 11.3 Å². The Morgan fingerprint density at radius 2 is 2.07 bits per heavy atom. The molecule has 1 unspecified atom stereocenters. The molecule has 6 nitrogen and oxygen atoms in total. The van der Waals surface area contributed by atoms with Crippen LogP contribution in [0.5, 0.6) is 5.75 Å². The van der Waals surface area contributed by atoms with Crippen LogP contribution in [0.15, 0.2) is 54.6 Å². The summed E-state index contributed by atoms with van der Waals surface area (Å²) in [6, 6.07) is 15.7.